The Morgan fingerprint density at radius 1 is 0.886 bits per heavy atom. The van der Waals surface area contributed by atoms with Gasteiger partial charge in [0.15, 0.2) is 0 Å². The van der Waals surface area contributed by atoms with Crippen LogP contribution >= 0.6 is 0 Å². The first kappa shape index (κ1) is 23.8. The number of carbonyl (C=O) groups excluding carboxylic acids is 3. The van der Waals surface area contributed by atoms with Crippen molar-refractivity contribution in [3.8, 4) is 0 Å². The molecule has 0 heterocycles. The minimum absolute atomic E-state index is 0.161. The van der Waals surface area contributed by atoms with E-state index in [0.29, 0.717) is 27.8 Å². The molecule has 4 N–H and O–H groups in total. The Bertz CT molecular complexity index is 1270. The van der Waals surface area contributed by atoms with Crippen LogP contribution in [0.3, 0.4) is 0 Å². The minimum Gasteiger partial charge on any atom is -0.349 e. The number of hydrogen-bond donors (Lipinski definition) is 4. The fourth-order valence-electron chi connectivity index (χ4n) is 3.45. The first-order valence-electron chi connectivity index (χ1n) is 11.1. The van der Waals surface area contributed by atoms with Crippen LogP contribution in [0.2, 0.25) is 0 Å². The standard InChI is InChI=1S/C27H24FN3O4/c28-22-3-1-2-21(15-22)24(27(34)30-23-12-13-23)14-17-4-8-19(9-5-17)25(32)29-16-18-6-10-20(11-7-18)26(33)31-35/h1-11,14-15,23,35H,12-13,16H2,(H,29,32)(H,30,34)(H,31,33)/b24-14+. The zero-order valence-corrected chi connectivity index (χ0v) is 18.8. The number of halogens is 1. The zero-order chi connectivity index (χ0) is 24.8. The molecule has 0 unspecified atom stereocenters. The van der Waals surface area contributed by atoms with Gasteiger partial charge in [0.05, 0.1) is 0 Å². The van der Waals surface area contributed by atoms with E-state index >= 15 is 0 Å². The molecule has 3 aromatic carbocycles. The summed E-state index contributed by atoms with van der Waals surface area (Å²) in [5.41, 5.74) is 4.62. The molecule has 0 saturated heterocycles. The third-order valence-electron chi connectivity index (χ3n) is 5.55. The Hall–Kier alpha value is -4.30. The Morgan fingerprint density at radius 3 is 2.17 bits per heavy atom. The van der Waals surface area contributed by atoms with Gasteiger partial charge in [0.1, 0.15) is 5.82 Å². The van der Waals surface area contributed by atoms with Crippen molar-refractivity contribution in [2.45, 2.75) is 25.4 Å². The molecule has 4 rings (SSSR count). The lowest BCUT2D eigenvalue weighted by Crippen LogP contribution is -2.26. The molecule has 1 fully saturated rings. The summed E-state index contributed by atoms with van der Waals surface area (Å²) in [5, 5.41) is 14.4. The van der Waals surface area contributed by atoms with Crippen molar-refractivity contribution in [1.29, 1.82) is 0 Å². The third kappa shape index (κ3) is 6.39. The van der Waals surface area contributed by atoms with Gasteiger partial charge in [-0.2, -0.15) is 0 Å². The Kier molecular flexibility index (Phi) is 7.32. The van der Waals surface area contributed by atoms with E-state index in [-0.39, 0.29) is 24.4 Å². The summed E-state index contributed by atoms with van der Waals surface area (Å²) in [6, 6.07) is 19.3. The predicted molar refractivity (Wildman–Crippen MR) is 129 cm³/mol. The summed E-state index contributed by atoms with van der Waals surface area (Å²) in [7, 11) is 0. The SMILES string of the molecule is O=C(NC1CC1)/C(=C/c1ccc(C(=O)NCc2ccc(C(=O)NO)cc2)cc1)c1cccc(F)c1. The van der Waals surface area contributed by atoms with Gasteiger partial charge in [0, 0.05) is 29.3 Å². The maximum Gasteiger partial charge on any atom is 0.274 e. The highest BCUT2D eigenvalue weighted by atomic mass is 19.1. The molecule has 1 saturated carbocycles. The normalized spacial score (nSPS) is 13.1. The number of hydroxylamine groups is 1. The fourth-order valence-corrected chi connectivity index (χ4v) is 3.45. The third-order valence-corrected chi connectivity index (χ3v) is 5.55. The van der Waals surface area contributed by atoms with E-state index in [1.807, 2.05) is 0 Å². The average molecular weight is 474 g/mol. The van der Waals surface area contributed by atoms with Crippen molar-refractivity contribution >= 4 is 29.4 Å². The maximum atomic E-state index is 13.8. The van der Waals surface area contributed by atoms with Gasteiger partial charge in [-0.05, 0) is 72.0 Å². The average Bonchev–Trinajstić information content (AvgIpc) is 3.70. The molecule has 3 aromatic rings. The number of nitrogens with one attached hydrogen (secondary N) is 3. The fraction of sp³-hybridized carbons (Fsp3) is 0.148. The highest BCUT2D eigenvalue weighted by Crippen LogP contribution is 2.24. The van der Waals surface area contributed by atoms with E-state index in [1.54, 1.807) is 72.2 Å². The van der Waals surface area contributed by atoms with Gasteiger partial charge < -0.3 is 10.6 Å². The van der Waals surface area contributed by atoms with Gasteiger partial charge in [-0.25, -0.2) is 9.87 Å². The quantitative estimate of drug-likeness (QED) is 0.173. The van der Waals surface area contributed by atoms with Gasteiger partial charge in [-0.3, -0.25) is 19.6 Å². The van der Waals surface area contributed by atoms with Crippen LogP contribution in [-0.2, 0) is 11.3 Å². The van der Waals surface area contributed by atoms with E-state index < -0.39 is 11.7 Å². The molecule has 1 aliphatic rings. The molecule has 8 heteroatoms. The van der Waals surface area contributed by atoms with Crippen LogP contribution < -0.4 is 16.1 Å². The van der Waals surface area contributed by atoms with Crippen LogP contribution in [0.1, 0.15) is 50.2 Å². The Morgan fingerprint density at radius 2 is 1.54 bits per heavy atom. The zero-order valence-electron chi connectivity index (χ0n) is 18.8. The van der Waals surface area contributed by atoms with Crippen molar-refractivity contribution in [3.63, 3.8) is 0 Å². The lowest BCUT2D eigenvalue weighted by Gasteiger charge is -2.10. The number of hydrogen-bond acceptors (Lipinski definition) is 4. The predicted octanol–water partition coefficient (Wildman–Crippen LogP) is 3.69. The number of amides is 3. The van der Waals surface area contributed by atoms with Gasteiger partial charge in [0.2, 0.25) is 0 Å². The van der Waals surface area contributed by atoms with Gasteiger partial charge in [-0.1, -0.05) is 36.4 Å². The molecule has 0 aromatic heterocycles. The van der Waals surface area contributed by atoms with Crippen molar-refractivity contribution in [2.75, 3.05) is 0 Å². The lowest BCUT2D eigenvalue weighted by atomic mass is 10.0. The van der Waals surface area contributed by atoms with E-state index in [2.05, 4.69) is 10.6 Å². The molecule has 3 amide bonds. The van der Waals surface area contributed by atoms with Crippen molar-refractivity contribution in [1.82, 2.24) is 16.1 Å². The first-order valence-corrected chi connectivity index (χ1v) is 11.1. The summed E-state index contributed by atoms with van der Waals surface area (Å²) < 4.78 is 13.8. The van der Waals surface area contributed by atoms with Crippen LogP contribution in [0.5, 0.6) is 0 Å². The number of carbonyl (C=O) groups is 3. The van der Waals surface area contributed by atoms with E-state index in [0.717, 1.165) is 18.4 Å². The maximum absolute atomic E-state index is 13.8. The van der Waals surface area contributed by atoms with Crippen molar-refractivity contribution in [2.24, 2.45) is 0 Å². The highest BCUT2D eigenvalue weighted by molar-refractivity contribution is 6.24. The van der Waals surface area contributed by atoms with Crippen molar-refractivity contribution < 1.29 is 24.0 Å². The highest BCUT2D eigenvalue weighted by Gasteiger charge is 2.25. The second-order valence-electron chi connectivity index (χ2n) is 8.26. The largest absolute Gasteiger partial charge is 0.349 e. The molecule has 35 heavy (non-hydrogen) atoms. The van der Waals surface area contributed by atoms with Gasteiger partial charge >= 0.3 is 0 Å². The smallest absolute Gasteiger partial charge is 0.274 e. The van der Waals surface area contributed by atoms with Crippen LogP contribution in [0.15, 0.2) is 72.8 Å². The lowest BCUT2D eigenvalue weighted by molar-refractivity contribution is -0.115. The summed E-state index contributed by atoms with van der Waals surface area (Å²) in [4.78, 5) is 36.7. The van der Waals surface area contributed by atoms with Gasteiger partial charge in [-0.15, -0.1) is 0 Å². The Labute approximate surface area is 201 Å². The molecule has 0 atom stereocenters. The molecule has 0 aliphatic heterocycles. The summed E-state index contributed by atoms with van der Waals surface area (Å²) in [6.45, 7) is 0.257. The molecule has 1 aliphatic carbocycles. The van der Waals surface area contributed by atoms with Crippen molar-refractivity contribution in [3.05, 3.63) is 106 Å². The van der Waals surface area contributed by atoms with E-state index in [1.165, 1.54) is 12.1 Å². The van der Waals surface area contributed by atoms with E-state index in [9.17, 15) is 18.8 Å². The van der Waals surface area contributed by atoms with Crippen LogP contribution in [0, 0.1) is 5.82 Å². The topological polar surface area (TPSA) is 108 Å². The summed E-state index contributed by atoms with van der Waals surface area (Å²) in [6.07, 6.45) is 3.56. The van der Waals surface area contributed by atoms with Gasteiger partial charge in [0.25, 0.3) is 17.7 Å². The van der Waals surface area contributed by atoms with E-state index in [4.69, 9.17) is 5.21 Å². The molecule has 0 spiro atoms. The van der Waals surface area contributed by atoms with Crippen LogP contribution in [0.25, 0.3) is 11.6 Å². The minimum atomic E-state index is -0.611. The van der Waals surface area contributed by atoms with Crippen LogP contribution in [-0.4, -0.2) is 29.0 Å². The second-order valence-corrected chi connectivity index (χ2v) is 8.26. The second kappa shape index (κ2) is 10.8. The summed E-state index contributed by atoms with van der Waals surface area (Å²) in [5.74, 6) is -1.58. The molecule has 0 radical (unpaired) electrons. The number of benzene rings is 3. The Balaban J connectivity index is 1.44. The molecular weight excluding hydrogens is 449 g/mol. The number of rotatable bonds is 8. The van der Waals surface area contributed by atoms with Crippen LogP contribution in [0.4, 0.5) is 4.39 Å². The molecule has 178 valence electrons. The molecular formula is C27H24FN3O4. The molecule has 7 nitrogen and oxygen atoms in total. The molecule has 0 bridgehead atoms. The first-order chi connectivity index (χ1) is 16.9. The monoisotopic (exact) mass is 473 g/mol. The summed E-state index contributed by atoms with van der Waals surface area (Å²) >= 11 is 0.